The second kappa shape index (κ2) is 9.14. The van der Waals surface area contributed by atoms with E-state index in [-0.39, 0.29) is 5.91 Å². The van der Waals surface area contributed by atoms with E-state index < -0.39 is 12.1 Å². The number of hydrogen-bond donors (Lipinski definition) is 1. The molecule has 0 unspecified atom stereocenters. The Balaban J connectivity index is 1.50. The second-order valence-electron chi connectivity index (χ2n) is 5.95. The Kier molecular flexibility index (Phi) is 6.63. The standard InChI is InChI=1S/C20H21NO3S2/c1-14(18(22)21-13-15-5-3-2-4-6-15)24-19(23)16-7-9-17(10-8-16)20-25-11-12-26-20/h2-10,14,20H,11-13H2,1H3,(H,21,22)/t14-/m0/s1. The first kappa shape index (κ1) is 18.9. The van der Waals surface area contributed by atoms with E-state index in [1.54, 1.807) is 19.1 Å². The molecular formula is C20H21NO3S2. The third-order valence-corrected chi connectivity index (χ3v) is 7.11. The van der Waals surface area contributed by atoms with Crippen LogP contribution in [0.15, 0.2) is 54.6 Å². The van der Waals surface area contributed by atoms with Gasteiger partial charge in [-0.25, -0.2) is 4.79 Å². The van der Waals surface area contributed by atoms with Gasteiger partial charge in [0.2, 0.25) is 0 Å². The van der Waals surface area contributed by atoms with Crippen molar-refractivity contribution in [1.82, 2.24) is 5.32 Å². The van der Waals surface area contributed by atoms with Crippen LogP contribution in [0.1, 0.15) is 33.0 Å². The van der Waals surface area contributed by atoms with Crippen molar-refractivity contribution in [3.63, 3.8) is 0 Å². The average Bonchev–Trinajstić information content (AvgIpc) is 3.21. The fourth-order valence-electron chi connectivity index (χ4n) is 2.54. The summed E-state index contributed by atoms with van der Waals surface area (Å²) >= 11 is 3.84. The van der Waals surface area contributed by atoms with E-state index in [0.29, 0.717) is 16.7 Å². The molecule has 0 bridgehead atoms. The molecule has 0 aliphatic carbocycles. The van der Waals surface area contributed by atoms with Gasteiger partial charge >= 0.3 is 5.97 Å². The normalized spacial score (nSPS) is 15.4. The number of thioether (sulfide) groups is 2. The summed E-state index contributed by atoms with van der Waals surface area (Å²) in [6, 6.07) is 17.1. The molecule has 4 nitrogen and oxygen atoms in total. The smallest absolute Gasteiger partial charge is 0.338 e. The van der Waals surface area contributed by atoms with Gasteiger partial charge in [-0.05, 0) is 30.2 Å². The molecular weight excluding hydrogens is 366 g/mol. The predicted molar refractivity (Wildman–Crippen MR) is 107 cm³/mol. The molecule has 1 aliphatic heterocycles. The van der Waals surface area contributed by atoms with Gasteiger partial charge in [-0.1, -0.05) is 42.5 Å². The minimum atomic E-state index is -0.841. The van der Waals surface area contributed by atoms with Crippen LogP contribution in [0.4, 0.5) is 0 Å². The number of amides is 1. The number of carbonyl (C=O) groups excluding carboxylic acids is 2. The summed E-state index contributed by atoms with van der Waals surface area (Å²) in [6.07, 6.45) is -0.841. The van der Waals surface area contributed by atoms with Crippen molar-refractivity contribution in [2.45, 2.75) is 24.2 Å². The Bertz CT molecular complexity index is 743. The summed E-state index contributed by atoms with van der Waals surface area (Å²) in [5.41, 5.74) is 2.67. The molecule has 1 heterocycles. The number of esters is 1. The van der Waals surface area contributed by atoms with E-state index in [1.807, 2.05) is 66.0 Å². The van der Waals surface area contributed by atoms with Crippen molar-refractivity contribution >= 4 is 35.4 Å². The first-order chi connectivity index (χ1) is 12.6. The largest absolute Gasteiger partial charge is 0.449 e. The van der Waals surface area contributed by atoms with Crippen molar-refractivity contribution < 1.29 is 14.3 Å². The fourth-order valence-corrected chi connectivity index (χ4v) is 5.40. The first-order valence-electron chi connectivity index (χ1n) is 8.49. The fraction of sp³-hybridized carbons (Fsp3) is 0.300. The van der Waals surface area contributed by atoms with Gasteiger partial charge in [0.05, 0.1) is 10.1 Å². The monoisotopic (exact) mass is 387 g/mol. The molecule has 2 aromatic carbocycles. The summed E-state index contributed by atoms with van der Waals surface area (Å²) in [4.78, 5) is 24.4. The molecule has 2 aromatic rings. The molecule has 26 heavy (non-hydrogen) atoms. The number of ether oxygens (including phenoxy) is 1. The third-order valence-electron chi connectivity index (χ3n) is 4.00. The van der Waals surface area contributed by atoms with Crippen LogP contribution in [0.3, 0.4) is 0 Å². The molecule has 0 saturated carbocycles. The lowest BCUT2D eigenvalue weighted by atomic mass is 10.1. The van der Waals surface area contributed by atoms with Crippen molar-refractivity contribution in [2.24, 2.45) is 0 Å². The Morgan fingerprint density at radius 2 is 1.73 bits per heavy atom. The Labute approximate surface area is 162 Å². The van der Waals surface area contributed by atoms with Crippen molar-refractivity contribution in [2.75, 3.05) is 11.5 Å². The molecule has 0 aromatic heterocycles. The van der Waals surface area contributed by atoms with Crippen LogP contribution < -0.4 is 5.32 Å². The molecule has 1 N–H and O–H groups in total. The number of rotatable bonds is 6. The Hall–Kier alpha value is -1.92. The molecule has 1 atom stereocenters. The minimum Gasteiger partial charge on any atom is -0.449 e. The highest BCUT2D eigenvalue weighted by atomic mass is 32.2. The highest BCUT2D eigenvalue weighted by molar-refractivity contribution is 8.19. The summed E-state index contributed by atoms with van der Waals surface area (Å²) < 4.78 is 5.74. The molecule has 136 valence electrons. The zero-order valence-electron chi connectivity index (χ0n) is 14.5. The lowest BCUT2D eigenvalue weighted by Gasteiger charge is -2.14. The number of benzene rings is 2. The number of hydrogen-bond acceptors (Lipinski definition) is 5. The van der Waals surface area contributed by atoms with Gasteiger partial charge in [0.1, 0.15) is 0 Å². The number of carbonyl (C=O) groups is 2. The maximum Gasteiger partial charge on any atom is 0.338 e. The minimum absolute atomic E-state index is 0.308. The van der Waals surface area contributed by atoms with Crippen LogP contribution in [0.25, 0.3) is 0 Å². The van der Waals surface area contributed by atoms with Gasteiger partial charge in [-0.2, -0.15) is 0 Å². The summed E-state index contributed by atoms with van der Waals surface area (Å²) in [5, 5.41) is 2.78. The zero-order valence-corrected chi connectivity index (χ0v) is 16.1. The predicted octanol–water partition coefficient (Wildman–Crippen LogP) is 4.03. The van der Waals surface area contributed by atoms with E-state index in [0.717, 1.165) is 17.1 Å². The maximum absolute atomic E-state index is 12.3. The van der Waals surface area contributed by atoms with Gasteiger partial charge in [-0.3, -0.25) is 4.79 Å². The van der Waals surface area contributed by atoms with Crippen molar-refractivity contribution in [3.8, 4) is 0 Å². The topological polar surface area (TPSA) is 55.4 Å². The van der Waals surface area contributed by atoms with Crippen LogP contribution in [0.5, 0.6) is 0 Å². The molecule has 0 radical (unpaired) electrons. The molecule has 1 amide bonds. The van der Waals surface area contributed by atoms with E-state index in [1.165, 1.54) is 5.56 Å². The highest BCUT2D eigenvalue weighted by Crippen LogP contribution is 2.45. The van der Waals surface area contributed by atoms with E-state index in [4.69, 9.17) is 4.74 Å². The zero-order chi connectivity index (χ0) is 18.4. The van der Waals surface area contributed by atoms with E-state index in [2.05, 4.69) is 5.32 Å². The van der Waals surface area contributed by atoms with Crippen LogP contribution in [-0.2, 0) is 16.1 Å². The molecule has 1 saturated heterocycles. The SMILES string of the molecule is C[C@H](OC(=O)c1ccc(C2SCCS2)cc1)C(=O)NCc1ccccc1. The van der Waals surface area contributed by atoms with E-state index in [9.17, 15) is 9.59 Å². The molecule has 3 rings (SSSR count). The number of nitrogens with one attached hydrogen (secondary N) is 1. The van der Waals surface area contributed by atoms with Gasteiger partial charge in [-0.15, -0.1) is 23.5 Å². The molecule has 1 fully saturated rings. The van der Waals surface area contributed by atoms with Crippen molar-refractivity contribution in [1.29, 1.82) is 0 Å². The van der Waals surface area contributed by atoms with Gasteiger partial charge in [0.25, 0.3) is 5.91 Å². The highest BCUT2D eigenvalue weighted by Gasteiger charge is 2.21. The summed E-state index contributed by atoms with van der Waals surface area (Å²) in [6.45, 7) is 1.99. The quantitative estimate of drug-likeness (QED) is 0.759. The second-order valence-corrected chi connectivity index (χ2v) is 8.67. The first-order valence-corrected chi connectivity index (χ1v) is 10.6. The summed E-state index contributed by atoms with van der Waals surface area (Å²) in [5.74, 6) is 1.53. The van der Waals surface area contributed by atoms with Gasteiger partial charge in [0.15, 0.2) is 6.10 Å². The third kappa shape index (κ3) is 5.05. The van der Waals surface area contributed by atoms with Crippen LogP contribution >= 0.6 is 23.5 Å². The Morgan fingerprint density at radius 3 is 2.38 bits per heavy atom. The van der Waals surface area contributed by atoms with E-state index >= 15 is 0 Å². The van der Waals surface area contributed by atoms with Gasteiger partial charge in [0, 0.05) is 18.1 Å². The maximum atomic E-state index is 12.3. The lowest BCUT2D eigenvalue weighted by Crippen LogP contribution is -2.35. The Morgan fingerprint density at radius 1 is 1.08 bits per heavy atom. The van der Waals surface area contributed by atoms with Crippen LogP contribution in [0, 0.1) is 0 Å². The summed E-state index contributed by atoms with van der Waals surface area (Å²) in [7, 11) is 0. The average molecular weight is 388 g/mol. The van der Waals surface area contributed by atoms with Crippen molar-refractivity contribution in [3.05, 3.63) is 71.3 Å². The lowest BCUT2D eigenvalue weighted by molar-refractivity contribution is -0.129. The molecule has 1 aliphatic rings. The van der Waals surface area contributed by atoms with Gasteiger partial charge < -0.3 is 10.1 Å². The molecule has 0 spiro atoms. The molecule has 6 heteroatoms. The van der Waals surface area contributed by atoms with Crippen LogP contribution in [-0.4, -0.2) is 29.5 Å². The van der Waals surface area contributed by atoms with Crippen LogP contribution in [0.2, 0.25) is 0 Å².